The Kier molecular flexibility index (Phi) is 5.22. The fourth-order valence-corrected chi connectivity index (χ4v) is 3.18. The van der Waals surface area contributed by atoms with Gasteiger partial charge in [0.15, 0.2) is 21.3 Å². The van der Waals surface area contributed by atoms with E-state index < -0.39 is 9.84 Å². The molecular weight excluding hydrogens is 300 g/mol. The molecule has 22 heavy (non-hydrogen) atoms. The molecule has 0 spiro atoms. The molecule has 0 aliphatic rings. The van der Waals surface area contributed by atoms with E-state index in [1.807, 2.05) is 18.2 Å². The monoisotopic (exact) mass is 318 g/mol. The lowest BCUT2D eigenvalue weighted by atomic mass is 10.2. The number of methoxy groups -OCH3 is 2. The molecule has 0 radical (unpaired) electrons. The highest BCUT2D eigenvalue weighted by atomic mass is 32.2. The fourth-order valence-electron chi connectivity index (χ4n) is 2.07. The normalized spacial score (nSPS) is 11.5. The third-order valence-electron chi connectivity index (χ3n) is 3.10. The molecule has 0 amide bonds. The summed E-state index contributed by atoms with van der Waals surface area (Å²) in [5, 5.41) is 1.21. The van der Waals surface area contributed by atoms with Gasteiger partial charge in [0.1, 0.15) is 0 Å². The fraction of sp³-hybridized carbons (Fsp3) is 0.176. The summed E-state index contributed by atoms with van der Waals surface area (Å²) in [6.45, 7) is 0. The van der Waals surface area contributed by atoms with E-state index in [0.29, 0.717) is 17.1 Å². The molecule has 0 N–H and O–H groups in total. The number of para-hydroxylation sites is 1. The van der Waals surface area contributed by atoms with Gasteiger partial charge in [-0.15, -0.1) is 0 Å². The summed E-state index contributed by atoms with van der Waals surface area (Å²) in [5.74, 6) is 1.04. The van der Waals surface area contributed by atoms with Gasteiger partial charge in [0, 0.05) is 11.0 Å². The van der Waals surface area contributed by atoms with Gasteiger partial charge in [-0.2, -0.15) is 0 Å². The van der Waals surface area contributed by atoms with Crippen molar-refractivity contribution in [3.8, 4) is 11.5 Å². The van der Waals surface area contributed by atoms with Crippen LogP contribution >= 0.6 is 0 Å². The molecule has 0 atom stereocenters. The Morgan fingerprint density at radius 3 is 2.32 bits per heavy atom. The Morgan fingerprint density at radius 1 is 0.955 bits per heavy atom. The lowest BCUT2D eigenvalue weighted by Gasteiger charge is -2.09. The molecule has 0 saturated carbocycles. The van der Waals surface area contributed by atoms with E-state index in [0.717, 1.165) is 5.56 Å². The maximum Gasteiger partial charge on any atom is 0.175 e. The summed E-state index contributed by atoms with van der Waals surface area (Å²) in [4.78, 5) is 0. The van der Waals surface area contributed by atoms with Crippen LogP contribution in [0.15, 0.2) is 53.9 Å². The van der Waals surface area contributed by atoms with Crippen LogP contribution in [0.3, 0.4) is 0 Å². The first-order chi connectivity index (χ1) is 10.6. The summed E-state index contributed by atoms with van der Waals surface area (Å²) >= 11 is 0. The maximum atomic E-state index is 12.2. The first kappa shape index (κ1) is 16.1. The molecule has 2 aromatic carbocycles. The summed E-state index contributed by atoms with van der Waals surface area (Å²) < 4.78 is 34.8. The van der Waals surface area contributed by atoms with E-state index in [1.165, 1.54) is 25.7 Å². The van der Waals surface area contributed by atoms with Crippen molar-refractivity contribution in [1.82, 2.24) is 0 Å². The number of rotatable bonds is 6. The molecule has 2 aromatic rings. The van der Waals surface area contributed by atoms with Crippen molar-refractivity contribution in [2.45, 2.75) is 5.75 Å². The largest absolute Gasteiger partial charge is 0.493 e. The summed E-state index contributed by atoms with van der Waals surface area (Å²) in [5.41, 5.74) is 1.41. The Bertz CT molecular complexity index is 749. The van der Waals surface area contributed by atoms with Gasteiger partial charge in [0.2, 0.25) is 0 Å². The summed E-state index contributed by atoms with van der Waals surface area (Å²) in [7, 11) is -0.294. The number of hydrogen-bond donors (Lipinski definition) is 0. The van der Waals surface area contributed by atoms with Crippen molar-refractivity contribution in [2.75, 3.05) is 14.2 Å². The quantitative estimate of drug-likeness (QED) is 0.820. The first-order valence-electron chi connectivity index (χ1n) is 6.71. The molecule has 0 heterocycles. The second-order valence-corrected chi connectivity index (χ2v) is 6.56. The van der Waals surface area contributed by atoms with Gasteiger partial charge in [-0.05, 0) is 17.7 Å². The second kappa shape index (κ2) is 7.13. The Hall–Kier alpha value is -2.27. The van der Waals surface area contributed by atoms with Gasteiger partial charge in [-0.3, -0.25) is 0 Å². The van der Waals surface area contributed by atoms with E-state index in [2.05, 4.69) is 0 Å². The predicted octanol–water partition coefficient (Wildman–Crippen LogP) is 3.29. The molecule has 0 bridgehead atoms. The van der Waals surface area contributed by atoms with Gasteiger partial charge in [0.25, 0.3) is 0 Å². The van der Waals surface area contributed by atoms with E-state index in [1.54, 1.807) is 30.3 Å². The molecule has 116 valence electrons. The Morgan fingerprint density at radius 2 is 1.68 bits per heavy atom. The van der Waals surface area contributed by atoms with Crippen LogP contribution in [-0.2, 0) is 15.6 Å². The maximum absolute atomic E-state index is 12.2. The molecule has 0 aromatic heterocycles. The van der Waals surface area contributed by atoms with Crippen LogP contribution in [0.1, 0.15) is 11.1 Å². The highest BCUT2D eigenvalue weighted by Crippen LogP contribution is 2.31. The molecule has 0 saturated heterocycles. The average Bonchev–Trinajstić information content (AvgIpc) is 2.53. The predicted molar refractivity (Wildman–Crippen MR) is 87.6 cm³/mol. The SMILES string of the molecule is COc1cccc(/C=C\S(=O)(=O)Cc2ccccc2)c1OC. The van der Waals surface area contributed by atoms with Crippen LogP contribution in [0.25, 0.3) is 6.08 Å². The molecule has 2 rings (SSSR count). The van der Waals surface area contributed by atoms with Crippen LogP contribution in [0.4, 0.5) is 0 Å². The minimum atomic E-state index is -3.35. The van der Waals surface area contributed by atoms with E-state index >= 15 is 0 Å². The zero-order valence-electron chi connectivity index (χ0n) is 12.5. The minimum Gasteiger partial charge on any atom is -0.493 e. The standard InChI is InChI=1S/C17H18O4S/c1-20-16-10-6-9-15(17(16)21-2)11-12-22(18,19)13-14-7-4-3-5-8-14/h3-12H,13H2,1-2H3/b12-11-. The number of ether oxygens (including phenoxy) is 2. The topological polar surface area (TPSA) is 52.6 Å². The molecule has 0 aliphatic heterocycles. The molecule has 4 nitrogen and oxygen atoms in total. The van der Waals surface area contributed by atoms with Crippen molar-refractivity contribution in [3.63, 3.8) is 0 Å². The van der Waals surface area contributed by atoms with Gasteiger partial charge < -0.3 is 9.47 Å². The third kappa shape index (κ3) is 4.11. The Labute approximate surface area is 130 Å². The molecule has 5 heteroatoms. The summed E-state index contributed by atoms with van der Waals surface area (Å²) in [6.07, 6.45) is 1.53. The third-order valence-corrected chi connectivity index (χ3v) is 4.39. The van der Waals surface area contributed by atoms with Crippen LogP contribution < -0.4 is 9.47 Å². The zero-order chi connectivity index (χ0) is 16.0. The van der Waals surface area contributed by atoms with Crippen molar-refractivity contribution in [3.05, 3.63) is 65.1 Å². The average molecular weight is 318 g/mol. The number of sulfone groups is 1. The van der Waals surface area contributed by atoms with Crippen LogP contribution in [0, 0.1) is 0 Å². The van der Waals surface area contributed by atoms with Crippen LogP contribution in [0.2, 0.25) is 0 Å². The molecule has 0 unspecified atom stereocenters. The second-order valence-electron chi connectivity index (χ2n) is 4.68. The highest BCUT2D eigenvalue weighted by molar-refractivity contribution is 7.93. The smallest absolute Gasteiger partial charge is 0.175 e. The van der Waals surface area contributed by atoms with Crippen molar-refractivity contribution < 1.29 is 17.9 Å². The zero-order valence-corrected chi connectivity index (χ0v) is 13.3. The highest BCUT2D eigenvalue weighted by Gasteiger charge is 2.10. The minimum absolute atomic E-state index is 0.0311. The molecule has 0 aliphatic carbocycles. The van der Waals surface area contributed by atoms with Gasteiger partial charge >= 0.3 is 0 Å². The summed E-state index contributed by atoms with van der Waals surface area (Å²) in [6, 6.07) is 14.4. The van der Waals surface area contributed by atoms with Crippen molar-refractivity contribution in [2.24, 2.45) is 0 Å². The van der Waals surface area contributed by atoms with Crippen LogP contribution in [-0.4, -0.2) is 22.6 Å². The van der Waals surface area contributed by atoms with Gasteiger partial charge in [0.05, 0.1) is 20.0 Å². The lowest BCUT2D eigenvalue weighted by molar-refractivity contribution is 0.354. The van der Waals surface area contributed by atoms with Crippen molar-refractivity contribution >= 4 is 15.9 Å². The van der Waals surface area contributed by atoms with E-state index in [9.17, 15) is 8.42 Å². The number of benzene rings is 2. The van der Waals surface area contributed by atoms with E-state index in [4.69, 9.17) is 9.47 Å². The first-order valence-corrected chi connectivity index (χ1v) is 8.43. The lowest BCUT2D eigenvalue weighted by Crippen LogP contribution is -2.00. The Balaban J connectivity index is 2.24. The van der Waals surface area contributed by atoms with Gasteiger partial charge in [-0.25, -0.2) is 8.42 Å². The van der Waals surface area contributed by atoms with Crippen molar-refractivity contribution in [1.29, 1.82) is 0 Å². The van der Waals surface area contributed by atoms with Gasteiger partial charge in [-0.1, -0.05) is 42.5 Å². The molecular formula is C17H18O4S. The van der Waals surface area contributed by atoms with E-state index in [-0.39, 0.29) is 5.75 Å². The molecule has 0 fully saturated rings. The van der Waals surface area contributed by atoms with Crippen LogP contribution in [0.5, 0.6) is 11.5 Å². The number of hydrogen-bond acceptors (Lipinski definition) is 4.